The number of thioether (sulfide) groups is 2. The molecule has 0 bridgehead atoms. The number of carboxylic acid groups (broad SMARTS) is 1. The fourth-order valence-corrected chi connectivity index (χ4v) is 3.14. The molecule has 0 aromatic rings. The van der Waals surface area contributed by atoms with Crippen LogP contribution < -0.4 is 0 Å². The van der Waals surface area contributed by atoms with E-state index in [9.17, 15) is 4.79 Å². The van der Waals surface area contributed by atoms with E-state index in [0.717, 1.165) is 18.6 Å². The van der Waals surface area contributed by atoms with Gasteiger partial charge in [0.1, 0.15) is 0 Å². The predicted octanol–water partition coefficient (Wildman–Crippen LogP) is 2.60. The van der Waals surface area contributed by atoms with Crippen LogP contribution in [-0.2, 0) is 4.79 Å². The number of rotatable bonds is 5. The third kappa shape index (κ3) is 4.09. The molecule has 0 aliphatic carbocycles. The van der Waals surface area contributed by atoms with Crippen LogP contribution in [-0.4, -0.2) is 27.3 Å². The number of carboxylic acids is 1. The van der Waals surface area contributed by atoms with Crippen LogP contribution in [0.2, 0.25) is 0 Å². The van der Waals surface area contributed by atoms with E-state index >= 15 is 0 Å². The summed E-state index contributed by atoms with van der Waals surface area (Å²) in [5.41, 5.74) is 0. The predicted molar refractivity (Wildman–Crippen MR) is 59.3 cm³/mol. The lowest BCUT2D eigenvalue weighted by molar-refractivity contribution is -0.133. The van der Waals surface area contributed by atoms with Crippen molar-refractivity contribution in [1.82, 2.24) is 0 Å². The minimum atomic E-state index is -0.715. The molecule has 1 N–H and O–H groups in total. The number of aliphatic carboxylic acids is 1. The highest BCUT2D eigenvalue weighted by Crippen LogP contribution is 2.39. The van der Waals surface area contributed by atoms with Gasteiger partial charge in [-0.15, -0.1) is 11.8 Å². The van der Waals surface area contributed by atoms with Gasteiger partial charge in [0.25, 0.3) is 0 Å². The van der Waals surface area contributed by atoms with Crippen molar-refractivity contribution < 1.29 is 9.90 Å². The van der Waals surface area contributed by atoms with Crippen LogP contribution >= 0.6 is 23.5 Å². The van der Waals surface area contributed by atoms with E-state index in [1.165, 1.54) is 11.8 Å². The van der Waals surface area contributed by atoms with Crippen LogP contribution in [0.25, 0.3) is 0 Å². The Bertz CT molecular complexity index is 206. The maximum atomic E-state index is 10.2. The second-order valence-corrected chi connectivity index (χ2v) is 5.94. The molecule has 1 aliphatic rings. The fourth-order valence-electron chi connectivity index (χ4n) is 1.17. The van der Waals surface area contributed by atoms with Crippen molar-refractivity contribution in [2.24, 2.45) is 0 Å². The van der Waals surface area contributed by atoms with Gasteiger partial charge in [-0.3, -0.25) is 4.79 Å². The molecule has 1 atom stereocenters. The second kappa shape index (κ2) is 4.96. The van der Waals surface area contributed by atoms with E-state index in [1.54, 1.807) is 0 Å². The van der Waals surface area contributed by atoms with Crippen LogP contribution in [0, 0.1) is 0 Å². The lowest BCUT2D eigenvalue weighted by Crippen LogP contribution is -2.17. The normalized spacial score (nSPS) is 26.5. The van der Waals surface area contributed by atoms with Crippen LogP contribution in [0.5, 0.6) is 0 Å². The number of hydrogen-bond acceptors (Lipinski definition) is 3. The molecule has 13 heavy (non-hydrogen) atoms. The number of hydrogen-bond donors (Lipinski definition) is 1. The van der Waals surface area contributed by atoms with Gasteiger partial charge in [0.05, 0.1) is 5.75 Å². The number of allylic oxidation sites excluding steroid dienone is 1. The lowest BCUT2D eigenvalue weighted by Gasteiger charge is -2.21. The van der Waals surface area contributed by atoms with Gasteiger partial charge in [0.2, 0.25) is 0 Å². The van der Waals surface area contributed by atoms with Crippen molar-refractivity contribution in [3.63, 3.8) is 0 Å². The molecule has 2 nitrogen and oxygen atoms in total. The van der Waals surface area contributed by atoms with E-state index in [-0.39, 0.29) is 5.75 Å². The van der Waals surface area contributed by atoms with Gasteiger partial charge >= 0.3 is 5.97 Å². The van der Waals surface area contributed by atoms with Crippen molar-refractivity contribution in [2.45, 2.75) is 24.5 Å². The summed E-state index contributed by atoms with van der Waals surface area (Å²) in [6.07, 6.45) is 4.39. The average Bonchev–Trinajstić information content (AvgIpc) is 2.47. The van der Waals surface area contributed by atoms with Crippen molar-refractivity contribution in [1.29, 1.82) is 0 Å². The number of carbonyl (C=O) groups is 1. The fraction of sp³-hybridized carbons (Fsp3) is 0.667. The summed E-state index contributed by atoms with van der Waals surface area (Å²) in [6.45, 7) is 2.24. The molecular formula is C9H14O2S2. The SMILES string of the molecule is CC1(CCSCC(=O)O)CC=CS1. The van der Waals surface area contributed by atoms with Crippen LogP contribution in [0.15, 0.2) is 11.5 Å². The lowest BCUT2D eigenvalue weighted by atomic mass is 10.0. The molecule has 0 saturated carbocycles. The average molecular weight is 218 g/mol. The van der Waals surface area contributed by atoms with Crippen LogP contribution in [0.3, 0.4) is 0 Å². The summed E-state index contributed by atoms with van der Waals surface area (Å²) in [5, 5.41) is 10.6. The molecule has 1 unspecified atom stereocenters. The Labute approximate surface area is 87.2 Å². The molecule has 0 radical (unpaired) electrons. The first kappa shape index (κ1) is 11.0. The van der Waals surface area contributed by atoms with Gasteiger partial charge in [-0.05, 0) is 30.9 Å². The minimum Gasteiger partial charge on any atom is -0.481 e. The highest BCUT2D eigenvalue weighted by Gasteiger charge is 2.25. The third-order valence-electron chi connectivity index (χ3n) is 2.00. The van der Waals surface area contributed by atoms with Crippen LogP contribution in [0.1, 0.15) is 19.8 Å². The first-order valence-corrected chi connectivity index (χ1v) is 6.28. The molecule has 74 valence electrons. The first-order chi connectivity index (χ1) is 6.12. The minimum absolute atomic E-state index is 0.230. The van der Waals surface area contributed by atoms with E-state index in [1.807, 2.05) is 11.8 Å². The summed E-state index contributed by atoms with van der Waals surface area (Å²) < 4.78 is 0.325. The first-order valence-electron chi connectivity index (χ1n) is 4.25. The molecule has 0 spiro atoms. The monoisotopic (exact) mass is 218 g/mol. The molecule has 0 aromatic carbocycles. The second-order valence-electron chi connectivity index (χ2n) is 3.34. The molecule has 1 heterocycles. The Morgan fingerprint density at radius 1 is 1.77 bits per heavy atom. The van der Waals surface area contributed by atoms with Gasteiger partial charge in [0, 0.05) is 4.75 Å². The third-order valence-corrected chi connectivity index (χ3v) is 4.21. The van der Waals surface area contributed by atoms with Crippen molar-refractivity contribution >= 4 is 29.5 Å². The van der Waals surface area contributed by atoms with Gasteiger partial charge in [-0.25, -0.2) is 0 Å². The Kier molecular flexibility index (Phi) is 4.19. The molecular weight excluding hydrogens is 204 g/mol. The molecule has 0 fully saturated rings. The molecule has 0 amide bonds. The van der Waals surface area contributed by atoms with Gasteiger partial charge in [-0.1, -0.05) is 6.08 Å². The smallest absolute Gasteiger partial charge is 0.313 e. The van der Waals surface area contributed by atoms with E-state index in [4.69, 9.17) is 5.11 Å². The zero-order chi connectivity index (χ0) is 9.73. The standard InChI is InChI=1S/C9H14O2S2/c1-9(3-2-5-13-9)4-6-12-7-8(10)11/h2,5H,3-4,6-7H2,1H3,(H,10,11). The summed E-state index contributed by atoms with van der Waals surface area (Å²) >= 11 is 3.37. The molecule has 4 heteroatoms. The molecule has 1 aliphatic heterocycles. The van der Waals surface area contributed by atoms with Crippen molar-refractivity contribution in [2.75, 3.05) is 11.5 Å². The van der Waals surface area contributed by atoms with Crippen LogP contribution in [0.4, 0.5) is 0 Å². The Morgan fingerprint density at radius 2 is 2.54 bits per heavy atom. The van der Waals surface area contributed by atoms with Crippen molar-refractivity contribution in [3.05, 3.63) is 11.5 Å². The summed E-state index contributed by atoms with van der Waals surface area (Å²) in [6, 6.07) is 0. The Hall–Kier alpha value is -0.0900. The quantitative estimate of drug-likeness (QED) is 0.720. The van der Waals surface area contributed by atoms with Crippen molar-refractivity contribution in [3.8, 4) is 0 Å². The maximum Gasteiger partial charge on any atom is 0.313 e. The maximum absolute atomic E-state index is 10.2. The Morgan fingerprint density at radius 3 is 3.08 bits per heavy atom. The van der Waals surface area contributed by atoms with Gasteiger partial charge in [-0.2, -0.15) is 11.8 Å². The van der Waals surface area contributed by atoms with Gasteiger partial charge in [0.15, 0.2) is 0 Å². The largest absolute Gasteiger partial charge is 0.481 e. The highest BCUT2D eigenvalue weighted by molar-refractivity contribution is 8.03. The topological polar surface area (TPSA) is 37.3 Å². The van der Waals surface area contributed by atoms with E-state index in [2.05, 4.69) is 18.4 Å². The summed E-state index contributed by atoms with van der Waals surface area (Å²) in [4.78, 5) is 10.2. The Balaban J connectivity index is 2.08. The van der Waals surface area contributed by atoms with Gasteiger partial charge < -0.3 is 5.11 Å². The molecule has 1 rings (SSSR count). The highest BCUT2D eigenvalue weighted by atomic mass is 32.2. The van der Waals surface area contributed by atoms with E-state index < -0.39 is 5.97 Å². The summed E-state index contributed by atoms with van der Waals surface area (Å²) in [5.74, 6) is 0.457. The molecule has 0 saturated heterocycles. The zero-order valence-electron chi connectivity index (χ0n) is 7.66. The summed E-state index contributed by atoms with van der Waals surface area (Å²) in [7, 11) is 0. The van der Waals surface area contributed by atoms with E-state index in [0.29, 0.717) is 4.75 Å². The molecule has 0 aromatic heterocycles. The zero-order valence-corrected chi connectivity index (χ0v) is 9.29.